The van der Waals surface area contributed by atoms with Crippen LogP contribution in [0.15, 0.2) is 40.3 Å². The lowest BCUT2D eigenvalue weighted by Crippen LogP contribution is -2.60. The Bertz CT molecular complexity index is 1510. The monoisotopic (exact) mass is 804 g/mol. The molecule has 20 heteroatoms. The zero-order valence-corrected chi connectivity index (χ0v) is 33.6. The van der Waals surface area contributed by atoms with E-state index in [-0.39, 0.29) is 75.4 Å². The van der Waals surface area contributed by atoms with Crippen molar-refractivity contribution in [1.82, 2.24) is 26.6 Å². The molecule has 0 saturated heterocycles. The molecular weight excluding hydrogens is 740 g/mol. The number of aliphatic carboxylic acids is 1. The van der Waals surface area contributed by atoms with Crippen LogP contribution in [-0.4, -0.2) is 113 Å². The number of carboxylic acid groups (broad SMARTS) is 1. The highest BCUT2D eigenvalue weighted by Gasteiger charge is 2.34. The number of amides is 5. The summed E-state index contributed by atoms with van der Waals surface area (Å²) in [5.74, 6) is -5.52. The first kappa shape index (κ1) is 49.5. The van der Waals surface area contributed by atoms with Gasteiger partial charge < -0.3 is 65.5 Å². The lowest BCUT2D eigenvalue weighted by molar-refractivity contribution is -0.145. The van der Waals surface area contributed by atoms with Gasteiger partial charge in [-0.15, -0.1) is 0 Å². The van der Waals surface area contributed by atoms with Gasteiger partial charge in [-0.2, -0.15) is 0 Å². The van der Waals surface area contributed by atoms with E-state index in [9.17, 15) is 39.0 Å². The van der Waals surface area contributed by atoms with Crippen LogP contribution >= 0.6 is 0 Å². The molecule has 320 valence electrons. The first-order valence-electron chi connectivity index (χ1n) is 19.0. The molecule has 0 aromatic heterocycles. The number of aliphatic hydroxyl groups is 1. The maximum Gasteiger partial charge on any atom is 0.328 e. The van der Waals surface area contributed by atoms with Crippen LogP contribution in [0.5, 0.6) is 0 Å². The van der Waals surface area contributed by atoms with Gasteiger partial charge in [-0.1, -0.05) is 58.0 Å². The molecule has 0 radical (unpaired) electrons. The normalized spacial score (nSPS) is 14.8. The number of nitrogens with zero attached hydrogens (tertiary/aromatic N) is 2. The van der Waals surface area contributed by atoms with Gasteiger partial charge in [-0.3, -0.25) is 34.0 Å². The Kier molecular flexibility index (Phi) is 22.3. The van der Waals surface area contributed by atoms with E-state index >= 15 is 0 Å². The second kappa shape index (κ2) is 25.6. The minimum atomic E-state index is -1.65. The number of aliphatic hydroxyl groups excluding tert-OH is 1. The Hall–Kier alpha value is -5.50. The number of hydrogen-bond acceptors (Lipinski definition) is 10. The van der Waals surface area contributed by atoms with Gasteiger partial charge in [0.1, 0.15) is 24.2 Å². The van der Waals surface area contributed by atoms with Gasteiger partial charge in [0.2, 0.25) is 29.5 Å². The molecule has 7 atom stereocenters. The third-order valence-corrected chi connectivity index (χ3v) is 8.52. The van der Waals surface area contributed by atoms with Crippen LogP contribution in [0, 0.1) is 11.8 Å². The predicted octanol–water partition coefficient (Wildman–Crippen LogP) is -2.35. The van der Waals surface area contributed by atoms with Gasteiger partial charge in [0.25, 0.3) is 0 Å². The molecule has 0 spiro atoms. The van der Waals surface area contributed by atoms with E-state index in [1.54, 1.807) is 30.3 Å². The maximum absolute atomic E-state index is 13.9. The number of nitrogens with two attached hydrogens (primary N) is 5. The van der Waals surface area contributed by atoms with Crippen LogP contribution in [0.3, 0.4) is 0 Å². The SMILES string of the molecule is CC(C)C[C@H](NC(=O)[C@H](CC(C)C)NC(=O)[C@H](CCCN=C(N)N)NC(=O)[C@@H](N)CCCN=C(N)N)C(=O)N[C@@H](Cc1ccccc1)C(=O)N[C@H](C(=O)O)[C@@H](C)O. The largest absolute Gasteiger partial charge is 0.480 e. The summed E-state index contributed by atoms with van der Waals surface area (Å²) in [5.41, 5.74) is 28.3. The van der Waals surface area contributed by atoms with E-state index in [2.05, 4.69) is 36.6 Å². The Morgan fingerprint density at radius 3 is 1.47 bits per heavy atom. The van der Waals surface area contributed by atoms with Crippen molar-refractivity contribution in [2.75, 3.05) is 13.1 Å². The van der Waals surface area contributed by atoms with E-state index in [0.717, 1.165) is 0 Å². The third-order valence-electron chi connectivity index (χ3n) is 8.52. The number of carboxylic acids is 1. The fourth-order valence-corrected chi connectivity index (χ4v) is 5.63. The number of aliphatic imine (C=N–C) groups is 2. The summed E-state index contributed by atoms with van der Waals surface area (Å²) in [6.45, 7) is 8.96. The summed E-state index contributed by atoms with van der Waals surface area (Å²) < 4.78 is 0. The van der Waals surface area contributed by atoms with Crippen molar-refractivity contribution in [2.24, 2.45) is 50.5 Å². The van der Waals surface area contributed by atoms with Crippen molar-refractivity contribution in [3.63, 3.8) is 0 Å². The molecule has 0 aliphatic heterocycles. The smallest absolute Gasteiger partial charge is 0.328 e. The van der Waals surface area contributed by atoms with E-state index < -0.39 is 77.9 Å². The number of hydrogen-bond donors (Lipinski definition) is 12. The Balaban J connectivity index is 3.33. The van der Waals surface area contributed by atoms with Crippen molar-refractivity contribution in [3.8, 4) is 0 Å². The molecule has 1 rings (SSSR count). The van der Waals surface area contributed by atoms with Gasteiger partial charge in [-0.05, 0) is 62.8 Å². The third kappa shape index (κ3) is 20.3. The topological polar surface area (TPSA) is 358 Å². The second-order valence-electron chi connectivity index (χ2n) is 14.8. The summed E-state index contributed by atoms with van der Waals surface area (Å²) in [5, 5.41) is 32.6. The number of carbonyl (C=O) groups is 6. The predicted molar refractivity (Wildman–Crippen MR) is 216 cm³/mol. The van der Waals surface area contributed by atoms with Gasteiger partial charge in [0, 0.05) is 19.5 Å². The summed E-state index contributed by atoms with van der Waals surface area (Å²) in [6.07, 6.45) is -0.186. The maximum atomic E-state index is 13.9. The van der Waals surface area contributed by atoms with Crippen LogP contribution in [0.4, 0.5) is 0 Å². The van der Waals surface area contributed by atoms with Gasteiger partial charge in [0.05, 0.1) is 12.1 Å². The number of rotatable bonds is 26. The zero-order chi connectivity index (χ0) is 43.2. The van der Waals surface area contributed by atoms with Crippen LogP contribution < -0.4 is 55.3 Å². The van der Waals surface area contributed by atoms with E-state index in [1.165, 1.54) is 6.92 Å². The molecule has 0 aliphatic rings. The van der Waals surface area contributed by atoms with Crippen LogP contribution in [0.25, 0.3) is 0 Å². The number of nitrogens with one attached hydrogen (secondary N) is 5. The molecule has 0 bridgehead atoms. The molecule has 1 aromatic rings. The fourth-order valence-electron chi connectivity index (χ4n) is 5.63. The second-order valence-corrected chi connectivity index (χ2v) is 14.8. The number of carbonyl (C=O) groups excluding carboxylic acids is 5. The standard InChI is InChI=1S/C37H64N12O8/c1-20(2)17-26(46-31(52)25(14-10-16-44-37(41)42)45-30(51)24(38)13-9-15-43-36(39)40)32(53)47-27(18-21(3)4)33(54)48-28(19-23-11-7-6-8-12-23)34(55)49-29(22(5)50)35(56)57/h6-8,11-12,20-22,24-29,50H,9-10,13-19,38H2,1-5H3,(H,45,51)(H,46,52)(H,47,53)(H,48,54)(H,49,55)(H,56,57)(H4,39,40,43)(H4,41,42,44)/t22-,24+,25+,26+,27+,28+,29+/m1/s1. The molecule has 1 aromatic carbocycles. The van der Waals surface area contributed by atoms with E-state index in [4.69, 9.17) is 28.7 Å². The molecule has 5 amide bonds. The fraction of sp³-hybridized carbons (Fsp3) is 0.622. The number of guanidine groups is 2. The van der Waals surface area contributed by atoms with Crippen molar-refractivity contribution < 1.29 is 39.0 Å². The number of benzene rings is 1. The van der Waals surface area contributed by atoms with Crippen molar-refractivity contribution >= 4 is 47.4 Å². The van der Waals surface area contributed by atoms with Crippen molar-refractivity contribution in [2.45, 2.75) is 122 Å². The van der Waals surface area contributed by atoms with Crippen LogP contribution in [-0.2, 0) is 35.2 Å². The highest BCUT2D eigenvalue weighted by atomic mass is 16.4. The highest BCUT2D eigenvalue weighted by molar-refractivity contribution is 5.96. The molecule has 0 heterocycles. The minimum absolute atomic E-state index is 0.0326. The van der Waals surface area contributed by atoms with Crippen molar-refractivity contribution in [1.29, 1.82) is 0 Å². The van der Waals surface area contributed by atoms with E-state index in [1.807, 2.05) is 27.7 Å². The zero-order valence-electron chi connectivity index (χ0n) is 33.6. The highest BCUT2D eigenvalue weighted by Crippen LogP contribution is 2.12. The molecule has 17 N–H and O–H groups in total. The molecule has 0 saturated carbocycles. The summed E-state index contributed by atoms with van der Waals surface area (Å²) >= 11 is 0. The summed E-state index contributed by atoms with van der Waals surface area (Å²) in [7, 11) is 0. The average molecular weight is 805 g/mol. The summed E-state index contributed by atoms with van der Waals surface area (Å²) in [4.78, 5) is 87.6. The van der Waals surface area contributed by atoms with Crippen LogP contribution in [0.2, 0.25) is 0 Å². The Labute approximate surface area is 334 Å². The molecule has 0 unspecified atom stereocenters. The lowest BCUT2D eigenvalue weighted by atomic mass is 9.98. The Morgan fingerprint density at radius 2 is 1.04 bits per heavy atom. The molecule has 0 aliphatic carbocycles. The van der Waals surface area contributed by atoms with Gasteiger partial charge in [-0.25, -0.2) is 4.79 Å². The van der Waals surface area contributed by atoms with Gasteiger partial charge in [0.15, 0.2) is 18.0 Å². The average Bonchev–Trinajstić information content (AvgIpc) is 3.11. The minimum Gasteiger partial charge on any atom is -0.480 e. The first-order valence-corrected chi connectivity index (χ1v) is 19.0. The molecule has 0 fully saturated rings. The van der Waals surface area contributed by atoms with Crippen LogP contribution in [0.1, 0.15) is 78.7 Å². The lowest BCUT2D eigenvalue weighted by Gasteiger charge is -2.28. The molecular formula is C37H64N12O8. The molecule has 20 nitrogen and oxygen atoms in total. The summed E-state index contributed by atoms with van der Waals surface area (Å²) in [6, 6.07) is 1.27. The first-order chi connectivity index (χ1) is 26.7. The van der Waals surface area contributed by atoms with E-state index in [0.29, 0.717) is 12.0 Å². The Morgan fingerprint density at radius 1 is 0.614 bits per heavy atom. The van der Waals surface area contributed by atoms with Crippen molar-refractivity contribution in [3.05, 3.63) is 35.9 Å². The van der Waals surface area contributed by atoms with Gasteiger partial charge >= 0.3 is 5.97 Å². The molecule has 57 heavy (non-hydrogen) atoms. The quantitative estimate of drug-likeness (QED) is 0.0265.